The Balaban J connectivity index is 3.90. The van der Waals surface area contributed by atoms with Crippen molar-refractivity contribution in [3.8, 4) is 0 Å². The molecule has 8 heavy (non-hydrogen) atoms. The summed E-state index contributed by atoms with van der Waals surface area (Å²) in [5.41, 5.74) is 3.63. The Labute approximate surface area is 49.7 Å². The Hall–Kier alpha value is -0.940. The van der Waals surface area contributed by atoms with Gasteiger partial charge < -0.3 is 5.11 Å². The molecule has 0 fully saturated rings. The maximum atomic E-state index is 8.12. The molecule has 0 saturated carbocycles. The maximum Gasteiger partial charge on any atom is 0.121 e. The van der Waals surface area contributed by atoms with Gasteiger partial charge in [-0.25, -0.2) is 0 Å². The van der Waals surface area contributed by atoms with Crippen LogP contribution in [0.5, 0.6) is 0 Å². The molecular weight excluding hydrogens is 100 g/mol. The Morgan fingerprint density at radius 2 is 2.25 bits per heavy atom. The van der Waals surface area contributed by atoms with Gasteiger partial charge in [-0.1, -0.05) is 11.8 Å². The molecule has 1 heteroatoms. The van der Waals surface area contributed by atoms with Gasteiger partial charge in [0.2, 0.25) is 0 Å². The van der Waals surface area contributed by atoms with E-state index in [0.29, 0.717) is 0 Å². The number of hydrogen-bond acceptors (Lipinski definition) is 1. The highest BCUT2D eigenvalue weighted by Gasteiger charge is 1.70. The maximum absolute atomic E-state index is 8.12. The van der Waals surface area contributed by atoms with E-state index in [4.69, 9.17) is 5.11 Å². The quantitative estimate of drug-likeness (QED) is 0.311. The minimum absolute atomic E-state index is 0.896. The average Bonchev–Trinajstić information content (AvgIpc) is 1.83. The van der Waals surface area contributed by atoms with Gasteiger partial charge in [0.25, 0.3) is 0 Å². The predicted molar refractivity (Wildman–Crippen MR) is 34.7 cm³/mol. The molecule has 0 heterocycles. The Morgan fingerprint density at radius 1 is 1.62 bits per heavy atom. The monoisotopic (exact) mass is 110 g/mol. The Kier molecular flexibility index (Phi) is 3.73. The standard InChI is InChI=1S/C7H10O/c1-3-7(2)5-4-6-8/h3,5-6,8H,1-2H3. The summed E-state index contributed by atoms with van der Waals surface area (Å²) < 4.78 is 0. The summed E-state index contributed by atoms with van der Waals surface area (Å²) in [4.78, 5) is 0. The summed E-state index contributed by atoms with van der Waals surface area (Å²) in [7, 11) is 0. The van der Waals surface area contributed by atoms with Crippen molar-refractivity contribution in [3.63, 3.8) is 0 Å². The topological polar surface area (TPSA) is 20.2 Å². The zero-order chi connectivity index (χ0) is 6.41. The van der Waals surface area contributed by atoms with Crippen LogP contribution in [0.25, 0.3) is 0 Å². The first kappa shape index (κ1) is 7.06. The SMILES string of the molecule is CC=C(C)C=C=CO. The van der Waals surface area contributed by atoms with E-state index in [-0.39, 0.29) is 0 Å². The number of allylic oxidation sites excluding steroid dienone is 3. The minimum atomic E-state index is 0.896. The second-order valence-corrected chi connectivity index (χ2v) is 1.47. The highest BCUT2D eigenvalue weighted by Crippen LogP contribution is 1.89. The molecular formula is C7H10O. The molecule has 0 rings (SSSR count). The van der Waals surface area contributed by atoms with Crippen LogP contribution >= 0.6 is 0 Å². The summed E-state index contributed by atoms with van der Waals surface area (Å²) in [6.07, 6.45) is 4.55. The lowest BCUT2D eigenvalue weighted by atomic mass is 10.3. The molecule has 0 aliphatic carbocycles. The fourth-order valence-electron chi connectivity index (χ4n) is 0.252. The van der Waals surface area contributed by atoms with E-state index >= 15 is 0 Å². The van der Waals surface area contributed by atoms with Gasteiger partial charge in [-0.2, -0.15) is 0 Å². The smallest absolute Gasteiger partial charge is 0.121 e. The van der Waals surface area contributed by atoms with Gasteiger partial charge in [-0.15, -0.1) is 0 Å². The van der Waals surface area contributed by atoms with Crippen LogP contribution in [0.2, 0.25) is 0 Å². The van der Waals surface area contributed by atoms with E-state index < -0.39 is 0 Å². The first-order chi connectivity index (χ1) is 3.81. The van der Waals surface area contributed by atoms with Gasteiger partial charge in [0.1, 0.15) is 6.26 Å². The lowest BCUT2D eigenvalue weighted by Crippen LogP contribution is -1.59. The number of aliphatic hydroxyl groups is 1. The van der Waals surface area contributed by atoms with Crippen molar-refractivity contribution in [2.45, 2.75) is 13.8 Å². The summed E-state index contributed by atoms with van der Waals surface area (Å²) in [5, 5.41) is 8.12. The molecule has 0 bridgehead atoms. The van der Waals surface area contributed by atoms with E-state index in [9.17, 15) is 0 Å². The van der Waals surface area contributed by atoms with Crippen molar-refractivity contribution in [1.82, 2.24) is 0 Å². The molecule has 0 aromatic rings. The third-order valence-corrected chi connectivity index (χ3v) is 0.841. The molecule has 0 aromatic heterocycles. The highest BCUT2D eigenvalue weighted by atomic mass is 16.2. The van der Waals surface area contributed by atoms with Crippen molar-refractivity contribution < 1.29 is 5.11 Å². The average molecular weight is 110 g/mol. The van der Waals surface area contributed by atoms with Crippen LogP contribution in [-0.4, -0.2) is 5.11 Å². The minimum Gasteiger partial charge on any atom is -0.507 e. The van der Waals surface area contributed by atoms with Gasteiger partial charge in [-0.3, -0.25) is 0 Å². The van der Waals surface area contributed by atoms with Crippen LogP contribution in [0.3, 0.4) is 0 Å². The lowest BCUT2D eigenvalue weighted by molar-refractivity contribution is 0.475. The van der Waals surface area contributed by atoms with Crippen molar-refractivity contribution >= 4 is 0 Å². The molecule has 0 amide bonds. The van der Waals surface area contributed by atoms with E-state index in [1.54, 1.807) is 6.08 Å². The molecule has 0 spiro atoms. The van der Waals surface area contributed by atoms with E-state index in [1.807, 2.05) is 19.9 Å². The normalized spacial score (nSPS) is 10.0. The van der Waals surface area contributed by atoms with Crippen molar-refractivity contribution in [2.24, 2.45) is 0 Å². The van der Waals surface area contributed by atoms with Crippen LogP contribution < -0.4 is 0 Å². The molecule has 0 aromatic carbocycles. The van der Waals surface area contributed by atoms with Gasteiger partial charge >= 0.3 is 0 Å². The zero-order valence-corrected chi connectivity index (χ0v) is 5.18. The molecule has 0 aliphatic heterocycles. The largest absolute Gasteiger partial charge is 0.507 e. The predicted octanol–water partition coefficient (Wildman–Crippen LogP) is 2.18. The molecule has 0 aliphatic rings. The van der Waals surface area contributed by atoms with Crippen LogP contribution in [0.1, 0.15) is 13.8 Å². The first-order valence-corrected chi connectivity index (χ1v) is 2.49. The highest BCUT2D eigenvalue weighted by molar-refractivity contribution is 5.13. The molecule has 0 saturated heterocycles. The van der Waals surface area contributed by atoms with Gasteiger partial charge in [0, 0.05) is 0 Å². The van der Waals surface area contributed by atoms with E-state index in [2.05, 4.69) is 5.73 Å². The summed E-state index contributed by atoms with van der Waals surface area (Å²) in [5.74, 6) is 0. The van der Waals surface area contributed by atoms with Crippen LogP contribution in [0.15, 0.2) is 29.7 Å². The van der Waals surface area contributed by atoms with Crippen molar-refractivity contribution in [3.05, 3.63) is 29.7 Å². The fraction of sp³-hybridized carbons (Fsp3) is 0.286. The second-order valence-electron chi connectivity index (χ2n) is 1.47. The molecule has 0 radical (unpaired) electrons. The molecule has 1 nitrogen and oxygen atoms in total. The zero-order valence-electron chi connectivity index (χ0n) is 5.18. The van der Waals surface area contributed by atoms with Gasteiger partial charge in [0.05, 0.1) is 0 Å². The van der Waals surface area contributed by atoms with E-state index in [0.717, 1.165) is 11.8 Å². The number of hydrogen-bond donors (Lipinski definition) is 1. The third-order valence-electron chi connectivity index (χ3n) is 0.841. The number of aliphatic hydroxyl groups excluding tert-OH is 1. The fourth-order valence-corrected chi connectivity index (χ4v) is 0.252. The Bertz CT molecular complexity index is 136. The van der Waals surface area contributed by atoms with Crippen LogP contribution in [0, 0.1) is 0 Å². The van der Waals surface area contributed by atoms with Crippen molar-refractivity contribution in [1.29, 1.82) is 0 Å². The van der Waals surface area contributed by atoms with Gasteiger partial charge in [-0.05, 0) is 25.5 Å². The first-order valence-electron chi connectivity index (χ1n) is 2.49. The van der Waals surface area contributed by atoms with Crippen molar-refractivity contribution in [2.75, 3.05) is 0 Å². The van der Waals surface area contributed by atoms with E-state index in [1.165, 1.54) is 0 Å². The second kappa shape index (κ2) is 4.23. The molecule has 0 atom stereocenters. The summed E-state index contributed by atoms with van der Waals surface area (Å²) in [6.45, 7) is 3.88. The lowest BCUT2D eigenvalue weighted by Gasteiger charge is -1.79. The third kappa shape index (κ3) is 3.26. The Morgan fingerprint density at radius 3 is 2.62 bits per heavy atom. The molecule has 1 N–H and O–H groups in total. The molecule has 0 unspecified atom stereocenters. The van der Waals surface area contributed by atoms with Crippen LogP contribution in [0.4, 0.5) is 0 Å². The number of rotatable bonds is 1. The summed E-state index contributed by atoms with van der Waals surface area (Å²) >= 11 is 0. The molecule has 44 valence electrons. The van der Waals surface area contributed by atoms with Crippen LogP contribution in [-0.2, 0) is 0 Å². The van der Waals surface area contributed by atoms with Gasteiger partial charge in [0.15, 0.2) is 0 Å². The summed E-state index contributed by atoms with van der Waals surface area (Å²) in [6, 6.07) is 0.